The number of hydrogen-bond acceptors (Lipinski definition) is 4. The van der Waals surface area contributed by atoms with E-state index in [1.54, 1.807) is 19.2 Å². The van der Waals surface area contributed by atoms with E-state index in [1.807, 2.05) is 12.1 Å². The minimum Gasteiger partial charge on any atom is -0.490 e. The zero-order valence-corrected chi connectivity index (χ0v) is 11.8. The zero-order chi connectivity index (χ0) is 14.4. The molecule has 0 saturated heterocycles. The average Bonchev–Trinajstić information content (AvgIpc) is 3.30. The van der Waals surface area contributed by atoms with Gasteiger partial charge in [0.05, 0.1) is 12.2 Å². The lowest BCUT2D eigenvalue weighted by atomic mass is 10.1. The SMILES string of the molecule is COCCOc1ccccc1C(=O)NC(CN)C1CC1. The number of carbonyl (C=O) groups is 1. The molecular formula is C15H22N2O3. The first-order valence-electron chi connectivity index (χ1n) is 6.98. The van der Waals surface area contributed by atoms with E-state index in [-0.39, 0.29) is 11.9 Å². The van der Waals surface area contributed by atoms with Gasteiger partial charge in [0.25, 0.3) is 5.91 Å². The normalized spacial score (nSPS) is 15.7. The van der Waals surface area contributed by atoms with Gasteiger partial charge in [-0.05, 0) is 30.9 Å². The van der Waals surface area contributed by atoms with Crippen LogP contribution in [0.4, 0.5) is 0 Å². The lowest BCUT2D eigenvalue weighted by Gasteiger charge is -2.17. The molecule has 1 aromatic rings. The summed E-state index contributed by atoms with van der Waals surface area (Å²) < 4.78 is 10.5. The van der Waals surface area contributed by atoms with Gasteiger partial charge in [0.2, 0.25) is 0 Å². The number of ether oxygens (including phenoxy) is 2. The second-order valence-corrected chi connectivity index (χ2v) is 4.99. The monoisotopic (exact) mass is 278 g/mol. The molecule has 0 spiro atoms. The van der Waals surface area contributed by atoms with Crippen molar-refractivity contribution in [2.45, 2.75) is 18.9 Å². The number of para-hydroxylation sites is 1. The highest BCUT2D eigenvalue weighted by Gasteiger charge is 2.31. The van der Waals surface area contributed by atoms with Crippen LogP contribution >= 0.6 is 0 Å². The summed E-state index contributed by atoms with van der Waals surface area (Å²) in [4.78, 5) is 12.3. The third-order valence-corrected chi connectivity index (χ3v) is 3.44. The summed E-state index contributed by atoms with van der Waals surface area (Å²) >= 11 is 0. The predicted molar refractivity (Wildman–Crippen MR) is 76.8 cm³/mol. The highest BCUT2D eigenvalue weighted by molar-refractivity contribution is 5.97. The molecule has 1 fully saturated rings. The van der Waals surface area contributed by atoms with Crippen LogP contribution in [-0.4, -0.2) is 38.8 Å². The highest BCUT2D eigenvalue weighted by Crippen LogP contribution is 2.32. The first-order valence-corrected chi connectivity index (χ1v) is 6.98. The molecule has 1 saturated carbocycles. The Hall–Kier alpha value is -1.59. The van der Waals surface area contributed by atoms with Crippen molar-refractivity contribution in [3.05, 3.63) is 29.8 Å². The maximum absolute atomic E-state index is 12.3. The fraction of sp³-hybridized carbons (Fsp3) is 0.533. The molecule has 0 radical (unpaired) electrons. The number of amides is 1. The molecule has 5 nitrogen and oxygen atoms in total. The van der Waals surface area contributed by atoms with E-state index in [1.165, 1.54) is 0 Å². The lowest BCUT2D eigenvalue weighted by Crippen LogP contribution is -2.41. The van der Waals surface area contributed by atoms with Crippen LogP contribution in [0.25, 0.3) is 0 Å². The highest BCUT2D eigenvalue weighted by atomic mass is 16.5. The molecule has 20 heavy (non-hydrogen) atoms. The maximum atomic E-state index is 12.3. The third kappa shape index (κ3) is 3.95. The molecule has 1 aromatic carbocycles. The molecule has 0 aromatic heterocycles. The first kappa shape index (κ1) is 14.8. The molecule has 0 bridgehead atoms. The van der Waals surface area contributed by atoms with Crippen molar-refractivity contribution in [2.75, 3.05) is 26.9 Å². The number of carbonyl (C=O) groups excluding carboxylic acids is 1. The predicted octanol–water partition coefficient (Wildman–Crippen LogP) is 1.18. The van der Waals surface area contributed by atoms with Crippen molar-refractivity contribution >= 4 is 5.91 Å². The molecule has 1 aliphatic rings. The van der Waals surface area contributed by atoms with Crippen LogP contribution in [0.3, 0.4) is 0 Å². The first-order chi connectivity index (χ1) is 9.76. The standard InChI is InChI=1S/C15H22N2O3/c1-19-8-9-20-14-5-3-2-4-12(14)15(18)17-13(10-16)11-6-7-11/h2-5,11,13H,6-10,16H2,1H3,(H,17,18). The zero-order valence-electron chi connectivity index (χ0n) is 11.8. The fourth-order valence-electron chi connectivity index (χ4n) is 2.13. The van der Waals surface area contributed by atoms with E-state index in [0.717, 1.165) is 12.8 Å². The van der Waals surface area contributed by atoms with E-state index in [2.05, 4.69) is 5.32 Å². The Labute approximate surface area is 119 Å². The molecular weight excluding hydrogens is 256 g/mol. The van der Waals surface area contributed by atoms with E-state index < -0.39 is 0 Å². The van der Waals surface area contributed by atoms with Crippen molar-refractivity contribution in [3.8, 4) is 5.75 Å². The summed E-state index contributed by atoms with van der Waals surface area (Å²) in [6.45, 7) is 1.39. The van der Waals surface area contributed by atoms with Crippen molar-refractivity contribution < 1.29 is 14.3 Å². The molecule has 3 N–H and O–H groups in total. The van der Waals surface area contributed by atoms with Crippen molar-refractivity contribution in [1.82, 2.24) is 5.32 Å². The van der Waals surface area contributed by atoms with E-state index >= 15 is 0 Å². The minimum atomic E-state index is -0.125. The summed E-state index contributed by atoms with van der Waals surface area (Å²) in [5, 5.41) is 3.00. The molecule has 0 heterocycles. The molecule has 0 aliphatic heterocycles. The number of nitrogens with one attached hydrogen (secondary N) is 1. The molecule has 1 aliphatic carbocycles. The summed E-state index contributed by atoms with van der Waals surface area (Å²) in [5.41, 5.74) is 6.26. The van der Waals surface area contributed by atoms with E-state index in [0.29, 0.717) is 37.0 Å². The summed E-state index contributed by atoms with van der Waals surface area (Å²) in [6.07, 6.45) is 2.29. The number of benzene rings is 1. The Kier molecular flexibility index (Phi) is 5.38. The van der Waals surface area contributed by atoms with E-state index in [9.17, 15) is 4.79 Å². The molecule has 1 unspecified atom stereocenters. The van der Waals surface area contributed by atoms with Crippen LogP contribution in [0.1, 0.15) is 23.2 Å². The van der Waals surface area contributed by atoms with Crippen molar-refractivity contribution in [2.24, 2.45) is 11.7 Å². The molecule has 1 atom stereocenters. The van der Waals surface area contributed by atoms with Crippen LogP contribution < -0.4 is 15.8 Å². The van der Waals surface area contributed by atoms with Gasteiger partial charge in [-0.25, -0.2) is 0 Å². The van der Waals surface area contributed by atoms with Gasteiger partial charge in [0.15, 0.2) is 0 Å². The van der Waals surface area contributed by atoms with E-state index in [4.69, 9.17) is 15.2 Å². The Morgan fingerprint density at radius 3 is 2.80 bits per heavy atom. The van der Waals surface area contributed by atoms with Gasteiger partial charge in [-0.2, -0.15) is 0 Å². The second kappa shape index (κ2) is 7.26. The van der Waals surface area contributed by atoms with Gasteiger partial charge in [-0.15, -0.1) is 0 Å². The molecule has 2 rings (SSSR count). The van der Waals surface area contributed by atoms with Gasteiger partial charge in [-0.3, -0.25) is 4.79 Å². The Morgan fingerprint density at radius 2 is 2.15 bits per heavy atom. The van der Waals surface area contributed by atoms with Crippen LogP contribution in [-0.2, 0) is 4.74 Å². The smallest absolute Gasteiger partial charge is 0.255 e. The molecule has 110 valence electrons. The lowest BCUT2D eigenvalue weighted by molar-refractivity contribution is 0.0926. The molecule has 5 heteroatoms. The number of hydrogen-bond donors (Lipinski definition) is 2. The maximum Gasteiger partial charge on any atom is 0.255 e. The molecule has 1 amide bonds. The summed E-state index contributed by atoms with van der Waals surface area (Å²) in [5.74, 6) is 0.986. The van der Waals surface area contributed by atoms with Crippen molar-refractivity contribution in [3.63, 3.8) is 0 Å². The summed E-state index contributed by atoms with van der Waals surface area (Å²) in [6, 6.07) is 7.29. The van der Waals surface area contributed by atoms with Gasteiger partial charge in [0.1, 0.15) is 12.4 Å². The van der Waals surface area contributed by atoms with Gasteiger partial charge < -0.3 is 20.5 Å². The largest absolute Gasteiger partial charge is 0.490 e. The topological polar surface area (TPSA) is 73.6 Å². The third-order valence-electron chi connectivity index (χ3n) is 3.44. The van der Waals surface area contributed by atoms with Crippen LogP contribution in [0, 0.1) is 5.92 Å². The Bertz CT molecular complexity index is 446. The summed E-state index contributed by atoms with van der Waals surface area (Å²) in [7, 11) is 1.61. The van der Waals surface area contributed by atoms with Crippen molar-refractivity contribution in [1.29, 1.82) is 0 Å². The fourth-order valence-corrected chi connectivity index (χ4v) is 2.13. The number of nitrogens with two attached hydrogens (primary N) is 1. The van der Waals surface area contributed by atoms with Crippen LogP contribution in [0.5, 0.6) is 5.75 Å². The average molecular weight is 278 g/mol. The second-order valence-electron chi connectivity index (χ2n) is 4.99. The Morgan fingerprint density at radius 1 is 1.40 bits per heavy atom. The van der Waals surface area contributed by atoms with Gasteiger partial charge in [0, 0.05) is 19.7 Å². The number of methoxy groups -OCH3 is 1. The van der Waals surface area contributed by atoms with Gasteiger partial charge in [-0.1, -0.05) is 12.1 Å². The quantitative estimate of drug-likeness (QED) is 0.700. The Balaban J connectivity index is 2.00. The van der Waals surface area contributed by atoms with Crippen LogP contribution in [0.2, 0.25) is 0 Å². The minimum absolute atomic E-state index is 0.0644. The van der Waals surface area contributed by atoms with Gasteiger partial charge >= 0.3 is 0 Å². The van der Waals surface area contributed by atoms with Crippen LogP contribution in [0.15, 0.2) is 24.3 Å². The number of rotatable bonds is 8.